The van der Waals surface area contributed by atoms with E-state index in [4.69, 9.17) is 27.9 Å². The second-order valence-corrected chi connectivity index (χ2v) is 5.10. The van der Waals surface area contributed by atoms with Crippen LogP contribution < -0.4 is 4.74 Å². The number of carbonyl (C=O) groups is 1. The van der Waals surface area contributed by atoms with E-state index in [1.165, 1.54) is 6.33 Å². The zero-order valence-electron chi connectivity index (χ0n) is 10.6. The van der Waals surface area contributed by atoms with E-state index < -0.39 is 0 Å². The van der Waals surface area contributed by atoms with Gasteiger partial charge in [-0.15, -0.1) is 0 Å². The third kappa shape index (κ3) is 2.84. The van der Waals surface area contributed by atoms with Crippen LogP contribution in [0.2, 0.25) is 10.0 Å². The summed E-state index contributed by atoms with van der Waals surface area (Å²) in [4.78, 5) is 22.8. The van der Waals surface area contributed by atoms with E-state index in [1.54, 1.807) is 30.5 Å². The maximum Gasteiger partial charge on any atom is 0.225 e. The minimum atomic E-state index is -0.181. The van der Waals surface area contributed by atoms with Gasteiger partial charge >= 0.3 is 0 Å². The quantitative estimate of drug-likeness (QED) is 0.746. The van der Waals surface area contributed by atoms with Gasteiger partial charge in [0.05, 0.1) is 21.6 Å². The number of ether oxygens (including phenoxy) is 1. The van der Waals surface area contributed by atoms with Gasteiger partial charge in [-0.25, -0.2) is 9.97 Å². The van der Waals surface area contributed by atoms with Crippen molar-refractivity contribution in [3.63, 3.8) is 0 Å². The van der Waals surface area contributed by atoms with Crippen LogP contribution in [0.4, 0.5) is 0 Å². The molecule has 106 valence electrons. The molecular weight excluding hydrogens is 313 g/mol. The Bertz CT molecular complexity index is 803. The summed E-state index contributed by atoms with van der Waals surface area (Å²) in [6, 6.07) is 6.66. The number of rotatable bonds is 4. The summed E-state index contributed by atoms with van der Waals surface area (Å²) in [5, 5.41) is 1.41. The number of aromatic amines is 1. The summed E-state index contributed by atoms with van der Waals surface area (Å²) >= 11 is 12.0. The number of halogens is 2. The first kappa shape index (κ1) is 13.9. The number of nitrogens with one attached hydrogen (secondary N) is 1. The summed E-state index contributed by atoms with van der Waals surface area (Å²) in [5.41, 5.74) is 1.00. The normalized spacial score (nSPS) is 10.8. The Labute approximate surface area is 129 Å². The summed E-state index contributed by atoms with van der Waals surface area (Å²) in [6.45, 7) is -0.142. The van der Waals surface area contributed by atoms with Crippen molar-refractivity contribution in [3.05, 3.63) is 52.5 Å². The van der Waals surface area contributed by atoms with E-state index >= 15 is 0 Å². The average molecular weight is 322 g/mol. The van der Waals surface area contributed by atoms with Gasteiger partial charge in [-0.1, -0.05) is 23.2 Å². The average Bonchev–Trinajstić information content (AvgIpc) is 2.99. The highest BCUT2D eigenvalue weighted by Crippen LogP contribution is 2.30. The van der Waals surface area contributed by atoms with Crippen LogP contribution >= 0.6 is 23.2 Å². The first-order chi connectivity index (χ1) is 10.1. The first-order valence-electron chi connectivity index (χ1n) is 6.04. The van der Waals surface area contributed by atoms with Crippen molar-refractivity contribution in [2.75, 3.05) is 6.61 Å². The van der Waals surface area contributed by atoms with Gasteiger partial charge in [0.2, 0.25) is 11.7 Å². The van der Waals surface area contributed by atoms with Crippen LogP contribution in [0.1, 0.15) is 10.5 Å². The molecule has 0 atom stereocenters. The third-order valence-corrected chi connectivity index (χ3v) is 3.37. The number of fused-ring (bicyclic) bond motifs is 1. The molecule has 0 aliphatic rings. The summed E-state index contributed by atoms with van der Waals surface area (Å²) in [6.07, 6.45) is 3.00. The SMILES string of the molecule is O=C(COc1ncnc2c(Cl)cc(Cl)cc12)c1ccc[nH]1. The number of benzene rings is 1. The second-order valence-electron chi connectivity index (χ2n) is 4.26. The maximum atomic E-state index is 11.9. The van der Waals surface area contributed by atoms with Crippen molar-refractivity contribution >= 4 is 39.9 Å². The molecule has 1 N–H and O–H groups in total. The molecule has 0 amide bonds. The molecule has 0 bridgehead atoms. The predicted molar refractivity (Wildman–Crippen MR) is 80.2 cm³/mol. The van der Waals surface area contributed by atoms with Crippen LogP contribution in [-0.2, 0) is 0 Å². The van der Waals surface area contributed by atoms with Gasteiger partial charge in [-0.2, -0.15) is 0 Å². The van der Waals surface area contributed by atoms with Crippen LogP contribution in [0.3, 0.4) is 0 Å². The number of nitrogens with zero attached hydrogens (tertiary/aromatic N) is 2. The van der Waals surface area contributed by atoms with Crippen LogP contribution in [0.25, 0.3) is 10.9 Å². The minimum Gasteiger partial charge on any atom is -0.469 e. The number of H-pyrrole nitrogens is 1. The summed E-state index contributed by atoms with van der Waals surface area (Å²) in [7, 11) is 0. The fourth-order valence-corrected chi connectivity index (χ4v) is 2.44. The molecule has 3 aromatic rings. The van der Waals surface area contributed by atoms with E-state index in [1.807, 2.05) is 0 Å². The number of hydrogen-bond donors (Lipinski definition) is 1. The molecule has 1 aromatic carbocycles. The highest BCUT2D eigenvalue weighted by Gasteiger charge is 2.12. The first-order valence-corrected chi connectivity index (χ1v) is 6.80. The lowest BCUT2D eigenvalue weighted by atomic mass is 10.2. The fourth-order valence-electron chi connectivity index (χ4n) is 1.90. The zero-order chi connectivity index (χ0) is 14.8. The van der Waals surface area contributed by atoms with Crippen LogP contribution in [0, 0.1) is 0 Å². The molecular formula is C14H9Cl2N3O2. The van der Waals surface area contributed by atoms with Gasteiger partial charge < -0.3 is 9.72 Å². The Hall–Kier alpha value is -2.11. The molecule has 0 spiro atoms. The van der Waals surface area contributed by atoms with E-state index in [0.29, 0.717) is 26.6 Å². The molecule has 2 aromatic heterocycles. The van der Waals surface area contributed by atoms with Gasteiger partial charge in [0.15, 0.2) is 6.61 Å². The van der Waals surface area contributed by atoms with E-state index in [-0.39, 0.29) is 18.3 Å². The molecule has 0 unspecified atom stereocenters. The Morgan fingerprint density at radius 2 is 2.14 bits per heavy atom. The smallest absolute Gasteiger partial charge is 0.225 e. The Kier molecular flexibility index (Phi) is 3.77. The van der Waals surface area contributed by atoms with Crippen molar-refractivity contribution in [1.29, 1.82) is 0 Å². The van der Waals surface area contributed by atoms with E-state index in [2.05, 4.69) is 15.0 Å². The number of aromatic nitrogens is 3. The highest BCUT2D eigenvalue weighted by molar-refractivity contribution is 6.38. The standard InChI is InChI=1S/C14H9Cl2N3O2/c15-8-4-9-13(10(16)5-8)18-7-19-14(9)21-6-12(20)11-2-1-3-17-11/h1-5,7,17H,6H2. The maximum absolute atomic E-state index is 11.9. The fraction of sp³-hybridized carbons (Fsp3) is 0.0714. The van der Waals surface area contributed by atoms with Gasteiger partial charge in [-0.05, 0) is 24.3 Å². The lowest BCUT2D eigenvalue weighted by Crippen LogP contribution is -2.12. The monoisotopic (exact) mass is 321 g/mol. The molecule has 0 aliphatic carbocycles. The van der Waals surface area contributed by atoms with Gasteiger partial charge in [0.25, 0.3) is 0 Å². The molecule has 0 saturated carbocycles. The summed E-state index contributed by atoms with van der Waals surface area (Å²) < 4.78 is 5.48. The molecule has 3 rings (SSSR count). The lowest BCUT2D eigenvalue weighted by Gasteiger charge is -2.08. The zero-order valence-corrected chi connectivity index (χ0v) is 12.1. The largest absolute Gasteiger partial charge is 0.469 e. The van der Waals surface area contributed by atoms with Crippen LogP contribution in [-0.4, -0.2) is 27.3 Å². The van der Waals surface area contributed by atoms with Crippen molar-refractivity contribution in [2.24, 2.45) is 0 Å². The molecule has 0 saturated heterocycles. The Morgan fingerprint density at radius 3 is 2.90 bits per heavy atom. The number of Topliss-reactive ketones (excluding diaryl/α,β-unsaturated/α-hetero) is 1. The minimum absolute atomic E-state index is 0.142. The van der Waals surface area contributed by atoms with Crippen molar-refractivity contribution in [1.82, 2.24) is 15.0 Å². The molecule has 7 heteroatoms. The number of ketones is 1. The number of hydrogen-bond acceptors (Lipinski definition) is 4. The van der Waals surface area contributed by atoms with E-state index in [0.717, 1.165) is 0 Å². The van der Waals surface area contributed by atoms with Gasteiger partial charge in [0.1, 0.15) is 6.33 Å². The molecule has 5 nitrogen and oxygen atoms in total. The van der Waals surface area contributed by atoms with Crippen molar-refractivity contribution in [2.45, 2.75) is 0 Å². The Balaban J connectivity index is 1.89. The molecule has 0 radical (unpaired) electrons. The summed E-state index contributed by atoms with van der Waals surface area (Å²) in [5.74, 6) is 0.0872. The van der Waals surface area contributed by atoms with E-state index in [9.17, 15) is 4.79 Å². The Morgan fingerprint density at radius 1 is 1.29 bits per heavy atom. The van der Waals surface area contributed by atoms with Gasteiger partial charge in [-0.3, -0.25) is 4.79 Å². The number of carbonyl (C=O) groups excluding carboxylic acids is 1. The van der Waals surface area contributed by atoms with Crippen molar-refractivity contribution in [3.8, 4) is 5.88 Å². The van der Waals surface area contributed by atoms with Crippen molar-refractivity contribution < 1.29 is 9.53 Å². The lowest BCUT2D eigenvalue weighted by molar-refractivity contribution is 0.0915. The van der Waals surface area contributed by atoms with Crippen LogP contribution in [0.15, 0.2) is 36.8 Å². The third-order valence-electron chi connectivity index (χ3n) is 2.86. The molecule has 21 heavy (non-hydrogen) atoms. The van der Waals surface area contributed by atoms with Gasteiger partial charge in [0, 0.05) is 11.2 Å². The molecule has 0 aliphatic heterocycles. The predicted octanol–water partition coefficient (Wildman–Crippen LogP) is 3.53. The topological polar surface area (TPSA) is 67.9 Å². The molecule has 2 heterocycles. The van der Waals surface area contributed by atoms with Crippen LogP contribution in [0.5, 0.6) is 5.88 Å². The second kappa shape index (κ2) is 5.71. The molecule has 0 fully saturated rings. The highest BCUT2D eigenvalue weighted by atomic mass is 35.5.